The summed E-state index contributed by atoms with van der Waals surface area (Å²) in [4.78, 5) is 12.1. The van der Waals surface area contributed by atoms with Gasteiger partial charge in [-0.15, -0.1) is 0 Å². The van der Waals surface area contributed by atoms with Crippen molar-refractivity contribution in [2.45, 2.75) is 10.7 Å². The Morgan fingerprint density at radius 1 is 1.21 bits per heavy atom. The lowest BCUT2D eigenvalue weighted by Gasteiger charge is -2.04. The number of halogens is 3. The van der Waals surface area contributed by atoms with E-state index in [0.717, 1.165) is 0 Å². The number of hydrogen-bond donors (Lipinski definition) is 1. The van der Waals surface area contributed by atoms with Gasteiger partial charge in [-0.3, -0.25) is 4.79 Å². The van der Waals surface area contributed by atoms with E-state index in [2.05, 4.69) is 5.32 Å². The molecule has 0 aliphatic heterocycles. The van der Waals surface area contributed by atoms with Gasteiger partial charge in [-0.1, -0.05) is 11.8 Å². The van der Waals surface area contributed by atoms with Crippen molar-refractivity contribution in [2.75, 3.05) is 5.32 Å². The molecule has 1 aromatic heterocycles. The highest BCUT2D eigenvalue weighted by atomic mass is 35.5. The molecule has 1 aromatic carbocycles. The molecular formula is C12H8ClF2NO2S. The van der Waals surface area contributed by atoms with Crippen LogP contribution in [0.2, 0.25) is 5.22 Å². The third-order valence-electron chi connectivity index (χ3n) is 2.13. The van der Waals surface area contributed by atoms with Gasteiger partial charge >= 0.3 is 0 Å². The van der Waals surface area contributed by atoms with E-state index >= 15 is 0 Å². The number of hydrogen-bond acceptors (Lipinski definition) is 3. The highest BCUT2D eigenvalue weighted by Crippen LogP contribution is 2.26. The molecule has 0 radical (unpaired) electrons. The lowest BCUT2D eigenvalue weighted by molar-refractivity contribution is 0.0996. The maximum absolute atomic E-state index is 12.1. The lowest BCUT2D eigenvalue weighted by Crippen LogP contribution is -2.10. The molecule has 0 fully saturated rings. The average molecular weight is 304 g/mol. The van der Waals surface area contributed by atoms with E-state index in [1.54, 1.807) is 0 Å². The van der Waals surface area contributed by atoms with Crippen LogP contribution in [0.3, 0.4) is 0 Å². The second kappa shape index (κ2) is 6.08. The number of rotatable bonds is 4. The molecular weight excluding hydrogens is 296 g/mol. The molecule has 7 heteroatoms. The first-order chi connectivity index (χ1) is 9.04. The molecule has 2 aromatic rings. The van der Waals surface area contributed by atoms with Crippen LogP contribution in [0.5, 0.6) is 0 Å². The SMILES string of the molecule is O=C(Nc1ccc(SC(F)F)cc1)c1ccc(Cl)o1. The molecule has 0 saturated heterocycles. The van der Waals surface area contributed by atoms with Gasteiger partial charge in [0.2, 0.25) is 0 Å². The molecule has 0 saturated carbocycles. The molecule has 3 nitrogen and oxygen atoms in total. The number of alkyl halides is 2. The maximum Gasteiger partial charge on any atom is 0.291 e. The van der Waals surface area contributed by atoms with Crippen LogP contribution >= 0.6 is 23.4 Å². The molecule has 100 valence electrons. The molecule has 1 N–H and O–H groups in total. The van der Waals surface area contributed by atoms with E-state index in [1.807, 2.05) is 0 Å². The fourth-order valence-corrected chi connectivity index (χ4v) is 1.99. The number of anilines is 1. The maximum atomic E-state index is 12.1. The van der Waals surface area contributed by atoms with Crippen molar-refractivity contribution in [3.63, 3.8) is 0 Å². The Morgan fingerprint density at radius 3 is 2.42 bits per heavy atom. The first-order valence-electron chi connectivity index (χ1n) is 5.16. The van der Waals surface area contributed by atoms with Crippen molar-refractivity contribution < 1.29 is 18.0 Å². The summed E-state index contributed by atoms with van der Waals surface area (Å²) >= 11 is 6.00. The van der Waals surface area contributed by atoms with E-state index in [-0.39, 0.29) is 11.0 Å². The van der Waals surface area contributed by atoms with Gasteiger partial charge in [-0.05, 0) is 48.0 Å². The summed E-state index contributed by atoms with van der Waals surface area (Å²) in [5.41, 5.74) is 0.483. The Balaban J connectivity index is 2.01. The van der Waals surface area contributed by atoms with Crippen LogP contribution in [0.25, 0.3) is 0 Å². The summed E-state index contributed by atoms with van der Waals surface area (Å²) in [5, 5.41) is 2.68. The molecule has 1 heterocycles. The van der Waals surface area contributed by atoms with Crippen molar-refractivity contribution in [3.05, 3.63) is 47.4 Å². The molecule has 1 amide bonds. The Morgan fingerprint density at radius 2 is 1.89 bits per heavy atom. The number of furan rings is 1. The van der Waals surface area contributed by atoms with Crippen LogP contribution in [0.1, 0.15) is 10.6 Å². The highest BCUT2D eigenvalue weighted by molar-refractivity contribution is 7.99. The van der Waals surface area contributed by atoms with Gasteiger partial charge in [-0.2, -0.15) is 8.78 Å². The average Bonchev–Trinajstić information content (AvgIpc) is 2.78. The third-order valence-corrected chi connectivity index (χ3v) is 3.06. The zero-order valence-corrected chi connectivity index (χ0v) is 11.0. The summed E-state index contributed by atoms with van der Waals surface area (Å²) in [6.45, 7) is 0. The molecule has 0 spiro atoms. The molecule has 19 heavy (non-hydrogen) atoms. The molecule has 0 atom stereocenters. The van der Waals surface area contributed by atoms with Gasteiger partial charge in [-0.25, -0.2) is 0 Å². The fourth-order valence-electron chi connectivity index (χ4n) is 1.35. The predicted octanol–water partition coefficient (Wildman–Crippen LogP) is 4.50. The second-order valence-corrected chi connectivity index (χ2v) is 4.90. The van der Waals surface area contributed by atoms with Crippen molar-refractivity contribution in [1.82, 2.24) is 0 Å². The van der Waals surface area contributed by atoms with Crippen molar-refractivity contribution in [1.29, 1.82) is 0 Å². The minimum Gasteiger partial charge on any atom is -0.440 e. The zero-order valence-electron chi connectivity index (χ0n) is 9.40. The minimum atomic E-state index is -2.47. The van der Waals surface area contributed by atoms with Gasteiger partial charge in [0.05, 0.1) is 0 Å². The molecule has 0 unspecified atom stereocenters. The topological polar surface area (TPSA) is 42.2 Å². The predicted molar refractivity (Wildman–Crippen MR) is 70.0 cm³/mol. The third kappa shape index (κ3) is 3.97. The molecule has 2 rings (SSSR count). The lowest BCUT2D eigenvalue weighted by atomic mass is 10.3. The van der Waals surface area contributed by atoms with E-state index in [0.29, 0.717) is 22.3 Å². The highest BCUT2D eigenvalue weighted by Gasteiger charge is 2.11. The van der Waals surface area contributed by atoms with E-state index < -0.39 is 11.7 Å². The van der Waals surface area contributed by atoms with Gasteiger partial charge < -0.3 is 9.73 Å². The van der Waals surface area contributed by atoms with Crippen molar-refractivity contribution in [3.8, 4) is 0 Å². The number of amides is 1. The van der Waals surface area contributed by atoms with E-state index in [9.17, 15) is 13.6 Å². The summed E-state index contributed by atoms with van der Waals surface area (Å²) in [7, 11) is 0. The fraction of sp³-hybridized carbons (Fsp3) is 0.0833. The van der Waals surface area contributed by atoms with Crippen LogP contribution in [-0.4, -0.2) is 11.7 Å². The standard InChI is InChI=1S/C12H8ClF2NO2S/c13-10-6-5-9(18-10)11(17)16-7-1-3-8(4-2-7)19-12(14)15/h1-6,12H,(H,16,17). The normalized spacial score (nSPS) is 10.7. The van der Waals surface area contributed by atoms with E-state index in [4.69, 9.17) is 16.0 Å². The number of carbonyl (C=O) groups excluding carboxylic acids is 1. The number of nitrogens with one attached hydrogen (secondary N) is 1. The van der Waals surface area contributed by atoms with Crippen LogP contribution in [0.15, 0.2) is 45.7 Å². The summed E-state index contributed by atoms with van der Waals surface area (Å²) < 4.78 is 29.2. The van der Waals surface area contributed by atoms with Crippen LogP contribution in [0, 0.1) is 0 Å². The quantitative estimate of drug-likeness (QED) is 0.846. The van der Waals surface area contributed by atoms with E-state index in [1.165, 1.54) is 36.4 Å². The number of carbonyl (C=O) groups is 1. The summed E-state index contributed by atoms with van der Waals surface area (Å²) in [5.74, 6) is -2.84. The first kappa shape index (κ1) is 13.9. The summed E-state index contributed by atoms with van der Waals surface area (Å²) in [6.07, 6.45) is 0. The number of thioether (sulfide) groups is 1. The van der Waals surface area contributed by atoms with Crippen molar-refractivity contribution in [2.24, 2.45) is 0 Å². The largest absolute Gasteiger partial charge is 0.440 e. The Kier molecular flexibility index (Phi) is 4.44. The minimum absolute atomic E-state index is 0.0797. The van der Waals surface area contributed by atoms with Crippen LogP contribution in [-0.2, 0) is 0 Å². The van der Waals surface area contributed by atoms with Gasteiger partial charge in [0.25, 0.3) is 11.7 Å². The molecule has 0 bridgehead atoms. The molecule has 0 aliphatic carbocycles. The summed E-state index contributed by atoms with van der Waals surface area (Å²) in [6, 6.07) is 8.97. The molecule has 0 aliphatic rings. The Bertz CT molecular complexity index is 571. The smallest absolute Gasteiger partial charge is 0.291 e. The van der Waals surface area contributed by atoms with Crippen LogP contribution < -0.4 is 5.32 Å². The second-order valence-electron chi connectivity index (χ2n) is 3.46. The Labute approximate surface area is 116 Å². The zero-order chi connectivity index (χ0) is 13.8. The van der Waals surface area contributed by atoms with Gasteiger partial charge in [0.15, 0.2) is 11.0 Å². The monoisotopic (exact) mass is 303 g/mol. The Hall–Kier alpha value is -1.53. The number of benzene rings is 1. The van der Waals surface area contributed by atoms with Crippen molar-refractivity contribution >= 4 is 35.0 Å². The van der Waals surface area contributed by atoms with Crippen LogP contribution in [0.4, 0.5) is 14.5 Å². The van der Waals surface area contributed by atoms with Gasteiger partial charge in [0, 0.05) is 10.6 Å². The van der Waals surface area contributed by atoms with Gasteiger partial charge in [0.1, 0.15) is 0 Å². The first-order valence-corrected chi connectivity index (χ1v) is 6.42.